The summed E-state index contributed by atoms with van der Waals surface area (Å²) < 4.78 is 72.2. The highest BCUT2D eigenvalue weighted by Crippen LogP contribution is 2.50. The van der Waals surface area contributed by atoms with Crippen molar-refractivity contribution in [2.45, 2.75) is 109 Å². The van der Waals surface area contributed by atoms with E-state index >= 15 is 0 Å². The smallest absolute Gasteiger partial charge is 0.357 e. The maximum Gasteiger partial charge on any atom is 0.357 e. The van der Waals surface area contributed by atoms with Crippen LogP contribution in [0.25, 0.3) is 0 Å². The molecule has 15 nitrogen and oxygen atoms in total. The second-order valence-corrected chi connectivity index (χ2v) is 17.8. The standard InChI is InChI=1S/C43H52N2O13S2/c1-7-56-37(46)15-11-9-13-21-44-33-19-17-27(58-59(51)52)23-31(33)42(3,4)35(44)25-29-39(48)30(41(50)40(29)49)26-36-43(5,6)32-24-28(60(53,54)55)18-20-34(32)45(36)22-14-10-12-16-38(47)57-8-2/h17-20,23-26H,7-16,21-22H2,1-6H3,(H2-,48,49,50,51,52,53,54,55)/p+1. The summed E-state index contributed by atoms with van der Waals surface area (Å²) in [6.07, 6.45) is 7.15. The van der Waals surface area contributed by atoms with Crippen molar-refractivity contribution in [3.05, 3.63) is 82.3 Å². The van der Waals surface area contributed by atoms with Crippen molar-refractivity contribution in [1.29, 1.82) is 0 Å². The van der Waals surface area contributed by atoms with E-state index < -0.39 is 49.6 Å². The van der Waals surface area contributed by atoms with E-state index in [-0.39, 0.29) is 53.2 Å². The first-order chi connectivity index (χ1) is 28.2. The van der Waals surface area contributed by atoms with Gasteiger partial charge in [0.25, 0.3) is 10.1 Å². The Morgan fingerprint density at radius 1 is 0.833 bits per heavy atom. The number of aliphatic hydroxyl groups excluding tert-OH is 1. The second kappa shape index (κ2) is 18.7. The van der Waals surface area contributed by atoms with Crippen LogP contribution in [0.5, 0.6) is 5.75 Å². The minimum Gasteiger partial charge on any atom is -0.506 e. The number of ether oxygens (including phenoxy) is 2. The lowest BCUT2D eigenvalue weighted by molar-refractivity contribution is -0.438. The van der Waals surface area contributed by atoms with Crippen LogP contribution in [0.3, 0.4) is 0 Å². The summed E-state index contributed by atoms with van der Waals surface area (Å²) in [5.74, 6) is -2.84. The van der Waals surface area contributed by atoms with Gasteiger partial charge in [0.2, 0.25) is 17.3 Å². The summed E-state index contributed by atoms with van der Waals surface area (Å²) in [7, 11) is -4.56. The molecule has 2 aromatic carbocycles. The number of aliphatic hydroxyl groups is 1. The summed E-state index contributed by atoms with van der Waals surface area (Å²) in [5.41, 5.74) is 1.34. The number of Topliss-reactive ketones (excluding diaryl/α,β-unsaturated/α-hetero) is 2. The SMILES string of the molecule is CCOC(=O)CCCCCN1C(=CC2=C(O)C(=CC3=[N+](CCCCCC(=O)OCC)c4ccc(OS(=O)O)cc4C3(C)C)C(=O)C2=O)C(C)(C)c2cc(S(=O)(=O)O)ccc21. The van der Waals surface area contributed by atoms with Crippen LogP contribution in [0.2, 0.25) is 0 Å². The maximum absolute atomic E-state index is 13.9. The predicted octanol–water partition coefficient (Wildman–Crippen LogP) is 6.64. The fourth-order valence-corrected chi connectivity index (χ4v) is 8.83. The minimum absolute atomic E-state index is 0.141. The van der Waals surface area contributed by atoms with Crippen LogP contribution in [-0.2, 0) is 61.0 Å². The third-order valence-corrected chi connectivity index (χ3v) is 12.3. The zero-order chi connectivity index (χ0) is 44.2. The van der Waals surface area contributed by atoms with Gasteiger partial charge in [-0.1, -0.05) is 20.3 Å². The lowest BCUT2D eigenvalue weighted by Crippen LogP contribution is -2.29. The molecule has 0 saturated heterocycles. The molecule has 324 valence electrons. The average molecular weight is 870 g/mol. The van der Waals surface area contributed by atoms with Crippen LogP contribution in [-0.4, -0.2) is 86.9 Å². The molecule has 60 heavy (non-hydrogen) atoms. The molecule has 0 spiro atoms. The molecule has 3 aliphatic rings. The van der Waals surface area contributed by atoms with Gasteiger partial charge in [-0.3, -0.25) is 28.3 Å². The van der Waals surface area contributed by atoms with Crippen molar-refractivity contribution >= 4 is 62.1 Å². The second-order valence-electron chi connectivity index (χ2n) is 15.8. The molecule has 1 unspecified atom stereocenters. The van der Waals surface area contributed by atoms with E-state index in [1.165, 1.54) is 24.3 Å². The number of carbonyl (C=O) groups excluding carboxylic acids is 4. The first-order valence-corrected chi connectivity index (χ1v) is 22.5. The first kappa shape index (κ1) is 46.1. The quantitative estimate of drug-likeness (QED) is 0.0257. The molecule has 3 N–H and O–H groups in total. The Morgan fingerprint density at radius 3 is 2.07 bits per heavy atom. The highest BCUT2D eigenvalue weighted by Gasteiger charge is 2.48. The van der Waals surface area contributed by atoms with Crippen molar-refractivity contribution in [2.75, 3.05) is 31.2 Å². The van der Waals surface area contributed by atoms with Gasteiger partial charge in [0, 0.05) is 60.3 Å². The lowest BCUT2D eigenvalue weighted by Gasteiger charge is -2.27. The van der Waals surface area contributed by atoms with Crippen LogP contribution in [0.4, 0.5) is 11.4 Å². The zero-order valence-electron chi connectivity index (χ0n) is 34.7. The summed E-state index contributed by atoms with van der Waals surface area (Å²) in [5, 5.41) is 11.8. The molecule has 0 aromatic heterocycles. The van der Waals surface area contributed by atoms with Crippen LogP contribution >= 0.6 is 0 Å². The van der Waals surface area contributed by atoms with Gasteiger partial charge in [0.05, 0.1) is 34.7 Å². The van der Waals surface area contributed by atoms with Gasteiger partial charge in [0.1, 0.15) is 18.1 Å². The monoisotopic (exact) mass is 869 g/mol. The fourth-order valence-electron chi connectivity index (χ4n) is 8.05. The van der Waals surface area contributed by atoms with E-state index in [4.69, 9.17) is 13.7 Å². The molecule has 1 atom stereocenters. The highest BCUT2D eigenvalue weighted by molar-refractivity contribution is 7.85. The van der Waals surface area contributed by atoms with Crippen LogP contribution in [0.15, 0.2) is 76.0 Å². The van der Waals surface area contributed by atoms with Crippen LogP contribution < -0.4 is 9.08 Å². The number of rotatable bonds is 19. The van der Waals surface area contributed by atoms with Crippen molar-refractivity contribution in [2.24, 2.45) is 0 Å². The Balaban J connectivity index is 1.56. The number of benzene rings is 2. The minimum atomic E-state index is -4.56. The normalized spacial score (nSPS) is 18.7. The molecule has 0 radical (unpaired) electrons. The molecular weight excluding hydrogens is 817 g/mol. The average Bonchev–Trinajstić information content (AvgIpc) is 3.60. The van der Waals surface area contributed by atoms with Crippen molar-refractivity contribution < 1.29 is 64.2 Å². The third kappa shape index (κ3) is 9.80. The molecule has 2 aliphatic heterocycles. The van der Waals surface area contributed by atoms with Gasteiger partial charge in [-0.25, -0.2) is 0 Å². The first-order valence-electron chi connectivity index (χ1n) is 20.0. The van der Waals surface area contributed by atoms with Gasteiger partial charge in [0.15, 0.2) is 5.71 Å². The molecule has 0 fully saturated rings. The van der Waals surface area contributed by atoms with Crippen molar-refractivity contribution in [3.63, 3.8) is 0 Å². The number of carbonyl (C=O) groups is 4. The summed E-state index contributed by atoms with van der Waals surface area (Å²) >= 11 is -2.58. The fraction of sp³-hybridized carbons (Fsp3) is 0.465. The Bertz CT molecular complexity index is 2340. The van der Waals surface area contributed by atoms with Crippen LogP contribution in [0, 0.1) is 0 Å². The Kier molecular flexibility index (Phi) is 14.4. The number of unbranched alkanes of at least 4 members (excludes halogenated alkanes) is 4. The molecule has 2 aromatic rings. The Labute approximate surface area is 353 Å². The summed E-state index contributed by atoms with van der Waals surface area (Å²) in [6, 6.07) is 9.13. The number of hydrogen-bond donors (Lipinski definition) is 3. The molecule has 1 aliphatic carbocycles. The number of esters is 2. The molecule has 0 bridgehead atoms. The summed E-state index contributed by atoms with van der Waals surface area (Å²) in [6.45, 7) is 12.3. The van der Waals surface area contributed by atoms with E-state index in [1.54, 1.807) is 38.1 Å². The van der Waals surface area contributed by atoms with E-state index in [0.29, 0.717) is 86.4 Å². The van der Waals surface area contributed by atoms with Gasteiger partial charge in [-0.15, -0.1) is 0 Å². The maximum atomic E-state index is 13.9. The number of allylic oxidation sites excluding steroid dienone is 5. The topological polar surface area (TPSA) is 214 Å². The summed E-state index contributed by atoms with van der Waals surface area (Å²) in [4.78, 5) is 53.2. The van der Waals surface area contributed by atoms with Gasteiger partial charge in [-0.2, -0.15) is 17.2 Å². The third-order valence-electron chi connectivity index (χ3n) is 11.1. The van der Waals surface area contributed by atoms with Crippen molar-refractivity contribution in [1.82, 2.24) is 0 Å². The molecule has 17 heteroatoms. The molecule has 0 saturated carbocycles. The van der Waals surface area contributed by atoms with E-state index in [2.05, 4.69) is 0 Å². The largest absolute Gasteiger partial charge is 0.506 e. The molecule has 2 heterocycles. The highest BCUT2D eigenvalue weighted by atomic mass is 32.2. The van der Waals surface area contributed by atoms with Gasteiger partial charge >= 0.3 is 23.3 Å². The molecule has 5 rings (SSSR count). The predicted molar refractivity (Wildman–Crippen MR) is 223 cm³/mol. The van der Waals surface area contributed by atoms with E-state index in [9.17, 15) is 46.0 Å². The lowest BCUT2D eigenvalue weighted by atomic mass is 9.80. The Hall–Kier alpha value is -4.97. The number of ketones is 2. The van der Waals surface area contributed by atoms with Crippen molar-refractivity contribution in [3.8, 4) is 5.75 Å². The number of nitrogens with zero attached hydrogens (tertiary/aromatic N) is 2. The zero-order valence-corrected chi connectivity index (χ0v) is 36.4. The Morgan fingerprint density at radius 2 is 1.47 bits per heavy atom. The van der Waals surface area contributed by atoms with E-state index in [1.807, 2.05) is 37.2 Å². The van der Waals surface area contributed by atoms with Crippen LogP contribution in [0.1, 0.15) is 104 Å². The molecular formula is C43H53N2O13S2+. The van der Waals surface area contributed by atoms with Gasteiger partial charge < -0.3 is 23.7 Å². The van der Waals surface area contributed by atoms with E-state index in [0.717, 1.165) is 5.69 Å². The number of hydrogen-bond acceptors (Lipinski definition) is 12. The van der Waals surface area contributed by atoms with Gasteiger partial charge in [-0.05, 0) is 95.3 Å². The molecule has 0 amide bonds. The number of fused-ring (bicyclic) bond motifs is 2. The number of anilines is 1.